The topological polar surface area (TPSA) is 75.7 Å². The predicted molar refractivity (Wildman–Crippen MR) is 115 cm³/mol. The summed E-state index contributed by atoms with van der Waals surface area (Å²) in [5.41, 5.74) is 0.913. The highest BCUT2D eigenvalue weighted by Crippen LogP contribution is 2.34. The van der Waals surface area contributed by atoms with E-state index < -0.39 is 29.4 Å². The zero-order valence-electron chi connectivity index (χ0n) is 16.1. The Kier molecular flexibility index (Phi) is 6.79. The molecule has 156 valence electrons. The van der Waals surface area contributed by atoms with Gasteiger partial charge in [-0.1, -0.05) is 29.8 Å². The molecule has 1 aliphatic rings. The third kappa shape index (κ3) is 5.20. The first-order valence-electron chi connectivity index (χ1n) is 9.00. The Labute approximate surface area is 182 Å². The molecule has 0 aromatic heterocycles. The number of hydrogen-bond donors (Lipinski definition) is 1. The van der Waals surface area contributed by atoms with Gasteiger partial charge in [0.1, 0.15) is 18.1 Å². The molecule has 0 atom stereocenters. The van der Waals surface area contributed by atoms with Gasteiger partial charge in [0, 0.05) is 11.3 Å². The molecular weight excluding hydrogens is 431 g/mol. The molecule has 1 N–H and O–H groups in total. The van der Waals surface area contributed by atoms with E-state index in [1.54, 1.807) is 24.3 Å². The van der Waals surface area contributed by atoms with Crippen molar-refractivity contribution in [1.29, 1.82) is 0 Å². The number of benzene rings is 2. The van der Waals surface area contributed by atoms with Crippen molar-refractivity contribution in [2.24, 2.45) is 0 Å². The molecule has 3 rings (SSSR count). The molecule has 2 aromatic rings. The van der Waals surface area contributed by atoms with Crippen LogP contribution in [0.15, 0.2) is 47.4 Å². The highest BCUT2D eigenvalue weighted by Gasteiger charge is 2.36. The van der Waals surface area contributed by atoms with Crippen LogP contribution in [0.2, 0.25) is 5.02 Å². The highest BCUT2D eigenvalue weighted by atomic mass is 35.5. The maximum Gasteiger partial charge on any atom is 0.294 e. The van der Waals surface area contributed by atoms with Crippen LogP contribution < -0.4 is 10.1 Å². The Bertz CT molecular complexity index is 1040. The Morgan fingerprint density at radius 1 is 1.27 bits per heavy atom. The number of carbonyl (C=O) groups is 3. The minimum absolute atomic E-state index is 0.0572. The van der Waals surface area contributed by atoms with Gasteiger partial charge in [-0.2, -0.15) is 0 Å². The summed E-state index contributed by atoms with van der Waals surface area (Å²) in [6.07, 6.45) is 1.51. The van der Waals surface area contributed by atoms with E-state index in [1.807, 2.05) is 19.9 Å². The predicted octanol–water partition coefficient (Wildman–Crippen LogP) is 4.94. The van der Waals surface area contributed by atoms with Gasteiger partial charge in [-0.05, 0) is 56.0 Å². The monoisotopic (exact) mass is 448 g/mol. The van der Waals surface area contributed by atoms with Crippen molar-refractivity contribution in [3.05, 3.63) is 63.8 Å². The normalized spacial score (nSPS) is 15.2. The number of nitrogens with one attached hydrogen (secondary N) is 1. The summed E-state index contributed by atoms with van der Waals surface area (Å²) in [7, 11) is 0. The molecule has 2 aromatic carbocycles. The van der Waals surface area contributed by atoms with Crippen LogP contribution in [0, 0.1) is 5.82 Å². The first-order valence-corrected chi connectivity index (χ1v) is 10.2. The van der Waals surface area contributed by atoms with Gasteiger partial charge in [0.25, 0.3) is 11.1 Å². The largest absolute Gasteiger partial charge is 0.490 e. The molecule has 3 amide bonds. The fourth-order valence-corrected chi connectivity index (χ4v) is 3.67. The molecule has 0 unspecified atom stereocenters. The van der Waals surface area contributed by atoms with Crippen LogP contribution in [-0.2, 0) is 9.59 Å². The highest BCUT2D eigenvalue weighted by molar-refractivity contribution is 8.18. The van der Waals surface area contributed by atoms with Gasteiger partial charge in [-0.3, -0.25) is 19.3 Å². The van der Waals surface area contributed by atoms with Gasteiger partial charge in [0.2, 0.25) is 5.91 Å². The lowest BCUT2D eigenvalue weighted by Gasteiger charge is -2.13. The summed E-state index contributed by atoms with van der Waals surface area (Å²) in [6.45, 7) is 3.30. The van der Waals surface area contributed by atoms with Crippen molar-refractivity contribution in [3.8, 4) is 5.75 Å². The summed E-state index contributed by atoms with van der Waals surface area (Å²) >= 11 is 6.44. The molecule has 1 aliphatic heterocycles. The summed E-state index contributed by atoms with van der Waals surface area (Å²) in [6, 6.07) is 10.8. The van der Waals surface area contributed by atoms with Crippen molar-refractivity contribution < 1.29 is 23.5 Å². The van der Waals surface area contributed by atoms with E-state index in [0.29, 0.717) is 11.3 Å². The first kappa shape index (κ1) is 21.9. The Hall–Kier alpha value is -2.84. The number of para-hydroxylation sites is 1. The lowest BCUT2D eigenvalue weighted by molar-refractivity contribution is -0.127. The van der Waals surface area contributed by atoms with Crippen molar-refractivity contribution >= 4 is 52.2 Å². The number of imide groups is 1. The number of ether oxygens (including phenoxy) is 1. The van der Waals surface area contributed by atoms with Crippen molar-refractivity contribution in [1.82, 2.24) is 4.90 Å². The minimum atomic E-state index is -0.618. The SMILES string of the molecule is CC(C)Oc1ccccc1/C=C1\SC(=O)N(CC(=O)Nc2ccc(F)c(Cl)c2)C1=O. The van der Waals surface area contributed by atoms with E-state index >= 15 is 0 Å². The Balaban J connectivity index is 1.72. The van der Waals surface area contributed by atoms with E-state index in [2.05, 4.69) is 5.32 Å². The van der Waals surface area contributed by atoms with Gasteiger partial charge in [-0.15, -0.1) is 0 Å². The van der Waals surface area contributed by atoms with Crippen LogP contribution >= 0.6 is 23.4 Å². The van der Waals surface area contributed by atoms with Crippen LogP contribution in [0.3, 0.4) is 0 Å². The number of anilines is 1. The first-order chi connectivity index (χ1) is 14.2. The molecule has 0 spiro atoms. The second-order valence-corrected chi connectivity index (χ2v) is 8.05. The van der Waals surface area contributed by atoms with Gasteiger partial charge >= 0.3 is 0 Å². The lowest BCUT2D eigenvalue weighted by atomic mass is 10.2. The quantitative estimate of drug-likeness (QED) is 0.633. The number of nitrogens with zero attached hydrogens (tertiary/aromatic N) is 1. The van der Waals surface area contributed by atoms with Gasteiger partial charge < -0.3 is 10.1 Å². The summed E-state index contributed by atoms with van der Waals surface area (Å²) < 4.78 is 19.0. The number of carbonyl (C=O) groups excluding carboxylic acids is 3. The second kappa shape index (κ2) is 9.32. The van der Waals surface area contributed by atoms with Gasteiger partial charge in [0.15, 0.2) is 0 Å². The average molecular weight is 449 g/mol. The maximum absolute atomic E-state index is 13.2. The molecule has 1 saturated heterocycles. The summed E-state index contributed by atoms with van der Waals surface area (Å²) in [5, 5.41) is 1.78. The van der Waals surface area contributed by atoms with Crippen molar-refractivity contribution in [3.63, 3.8) is 0 Å². The Morgan fingerprint density at radius 2 is 2.00 bits per heavy atom. The lowest BCUT2D eigenvalue weighted by Crippen LogP contribution is -2.36. The molecule has 0 bridgehead atoms. The van der Waals surface area contributed by atoms with Crippen LogP contribution in [0.1, 0.15) is 19.4 Å². The minimum Gasteiger partial charge on any atom is -0.490 e. The fraction of sp³-hybridized carbons (Fsp3) is 0.190. The second-order valence-electron chi connectivity index (χ2n) is 6.65. The third-order valence-corrected chi connectivity index (χ3v) is 5.14. The number of thioether (sulfide) groups is 1. The molecule has 9 heteroatoms. The van der Waals surface area contributed by atoms with Crippen LogP contribution in [0.25, 0.3) is 6.08 Å². The van der Waals surface area contributed by atoms with E-state index in [1.165, 1.54) is 12.1 Å². The van der Waals surface area contributed by atoms with E-state index in [-0.39, 0.29) is 21.7 Å². The summed E-state index contributed by atoms with van der Waals surface area (Å²) in [4.78, 5) is 38.2. The van der Waals surface area contributed by atoms with Gasteiger partial charge in [-0.25, -0.2) is 4.39 Å². The Morgan fingerprint density at radius 3 is 2.70 bits per heavy atom. The van der Waals surface area contributed by atoms with Crippen LogP contribution in [0.5, 0.6) is 5.75 Å². The summed E-state index contributed by atoms with van der Waals surface area (Å²) in [5.74, 6) is -1.21. The van der Waals surface area contributed by atoms with E-state index in [4.69, 9.17) is 16.3 Å². The number of halogens is 2. The molecule has 0 aliphatic carbocycles. The number of amides is 3. The molecule has 1 heterocycles. The average Bonchev–Trinajstić information content (AvgIpc) is 2.93. The molecule has 0 saturated carbocycles. The molecule has 1 fully saturated rings. The molecule has 6 nitrogen and oxygen atoms in total. The van der Waals surface area contributed by atoms with Crippen LogP contribution in [-0.4, -0.2) is 34.6 Å². The van der Waals surface area contributed by atoms with E-state index in [9.17, 15) is 18.8 Å². The van der Waals surface area contributed by atoms with Crippen molar-refractivity contribution in [2.75, 3.05) is 11.9 Å². The number of hydrogen-bond acceptors (Lipinski definition) is 5. The molecular formula is C21H18ClFN2O4S. The van der Waals surface area contributed by atoms with Gasteiger partial charge in [0.05, 0.1) is 16.0 Å². The molecule has 0 radical (unpaired) electrons. The fourth-order valence-electron chi connectivity index (χ4n) is 2.66. The number of rotatable bonds is 6. The molecule has 30 heavy (non-hydrogen) atoms. The van der Waals surface area contributed by atoms with E-state index in [0.717, 1.165) is 22.7 Å². The van der Waals surface area contributed by atoms with Crippen molar-refractivity contribution in [2.45, 2.75) is 20.0 Å². The zero-order valence-corrected chi connectivity index (χ0v) is 17.7. The third-order valence-electron chi connectivity index (χ3n) is 3.95. The van der Waals surface area contributed by atoms with Crippen LogP contribution in [0.4, 0.5) is 14.9 Å². The zero-order chi connectivity index (χ0) is 21.8. The smallest absolute Gasteiger partial charge is 0.294 e. The standard InChI is InChI=1S/C21H18ClFN2O4S/c1-12(2)29-17-6-4-3-5-13(17)9-18-20(27)25(21(28)30-18)11-19(26)24-14-7-8-16(23)15(22)10-14/h3-10,12H,11H2,1-2H3,(H,24,26)/b18-9-. The maximum atomic E-state index is 13.2.